The van der Waals surface area contributed by atoms with Crippen molar-refractivity contribution in [2.75, 3.05) is 38.5 Å². The van der Waals surface area contributed by atoms with Gasteiger partial charge in [0, 0.05) is 25.8 Å². The van der Waals surface area contributed by atoms with Gasteiger partial charge in [0.1, 0.15) is 5.75 Å². The minimum absolute atomic E-state index is 0.0229. The number of aromatic hydroxyl groups is 1. The predicted molar refractivity (Wildman–Crippen MR) is 119 cm³/mol. The normalized spacial score (nSPS) is 14.2. The first-order valence-electron chi connectivity index (χ1n) is 10.1. The zero-order valence-corrected chi connectivity index (χ0v) is 17.8. The van der Waals surface area contributed by atoms with Crippen LogP contribution in [0.15, 0.2) is 48.5 Å². The number of nitrogens with one attached hydrogen (secondary N) is 1. The number of benzene rings is 2. The molecule has 3 rings (SSSR count). The summed E-state index contributed by atoms with van der Waals surface area (Å²) in [5.74, 6) is -0.0170. The van der Waals surface area contributed by atoms with Crippen molar-refractivity contribution < 1.29 is 14.7 Å². The molecule has 2 aromatic rings. The fourth-order valence-electron chi connectivity index (χ4n) is 3.60. The van der Waals surface area contributed by atoms with Crippen LogP contribution in [0.5, 0.6) is 5.75 Å². The monoisotopic (exact) mass is 407 g/mol. The largest absolute Gasteiger partial charge is 0.508 e. The van der Waals surface area contributed by atoms with E-state index in [9.17, 15) is 14.7 Å². The molecular weight excluding hydrogens is 378 g/mol. The molecule has 0 unspecified atom stereocenters. The molecule has 2 N–H and O–H groups in total. The molecule has 1 aliphatic heterocycles. The van der Waals surface area contributed by atoms with Gasteiger partial charge in [-0.3, -0.25) is 14.5 Å². The van der Waals surface area contributed by atoms with Gasteiger partial charge >= 0.3 is 0 Å². The van der Waals surface area contributed by atoms with Crippen molar-refractivity contribution in [3.63, 3.8) is 0 Å². The van der Waals surface area contributed by atoms with E-state index in [4.69, 9.17) is 0 Å². The lowest BCUT2D eigenvalue weighted by Crippen LogP contribution is -2.42. The number of rotatable bonds is 6. The van der Waals surface area contributed by atoms with Gasteiger partial charge < -0.3 is 15.3 Å². The standard InChI is InChI=1S/C24H29N3O3/c1-17-5-4-6-18(2)24(17)25-22(29)15-26(3)23(30)16-27-13-11-20(12-14-27)19-7-9-21(28)10-8-19/h4-11,28H,12-16H2,1-3H3,(H,25,29). The Balaban J connectivity index is 1.50. The van der Waals surface area contributed by atoms with Crippen molar-refractivity contribution in [1.82, 2.24) is 9.80 Å². The van der Waals surface area contributed by atoms with E-state index < -0.39 is 0 Å². The predicted octanol–water partition coefficient (Wildman–Crippen LogP) is 3.20. The maximum absolute atomic E-state index is 12.6. The SMILES string of the molecule is Cc1cccc(C)c1NC(=O)CN(C)C(=O)CN1CC=C(c2ccc(O)cc2)CC1. The van der Waals surface area contributed by atoms with Crippen LogP contribution in [0, 0.1) is 13.8 Å². The van der Waals surface area contributed by atoms with E-state index in [-0.39, 0.29) is 30.7 Å². The van der Waals surface area contributed by atoms with Crippen molar-refractivity contribution in [2.45, 2.75) is 20.3 Å². The summed E-state index contributed by atoms with van der Waals surface area (Å²) in [6.45, 7) is 5.68. The number of para-hydroxylation sites is 1. The molecule has 2 amide bonds. The Bertz CT molecular complexity index is 930. The molecule has 0 atom stereocenters. The third kappa shape index (κ3) is 5.48. The summed E-state index contributed by atoms with van der Waals surface area (Å²) in [4.78, 5) is 28.5. The highest BCUT2D eigenvalue weighted by molar-refractivity contribution is 5.95. The average molecular weight is 408 g/mol. The second-order valence-electron chi connectivity index (χ2n) is 7.83. The van der Waals surface area contributed by atoms with Crippen LogP contribution in [0.25, 0.3) is 5.57 Å². The van der Waals surface area contributed by atoms with Crippen LogP contribution in [-0.2, 0) is 9.59 Å². The first-order chi connectivity index (χ1) is 14.3. The van der Waals surface area contributed by atoms with Crippen LogP contribution in [0.3, 0.4) is 0 Å². The van der Waals surface area contributed by atoms with Gasteiger partial charge in [-0.25, -0.2) is 0 Å². The molecule has 1 heterocycles. The molecule has 2 aromatic carbocycles. The molecule has 0 bridgehead atoms. The number of phenols is 1. The lowest BCUT2D eigenvalue weighted by atomic mass is 9.99. The number of anilines is 1. The average Bonchev–Trinajstić information content (AvgIpc) is 2.72. The molecular formula is C24H29N3O3. The third-order valence-electron chi connectivity index (χ3n) is 5.44. The van der Waals surface area contributed by atoms with Crippen LogP contribution < -0.4 is 5.32 Å². The minimum atomic E-state index is -0.198. The van der Waals surface area contributed by atoms with Gasteiger partial charge in [-0.1, -0.05) is 36.4 Å². The second kappa shape index (κ2) is 9.59. The first-order valence-corrected chi connectivity index (χ1v) is 10.1. The number of nitrogens with zero attached hydrogens (tertiary/aromatic N) is 2. The van der Waals surface area contributed by atoms with Gasteiger partial charge in [-0.15, -0.1) is 0 Å². The number of phenolic OH excluding ortho intramolecular Hbond substituents is 1. The molecule has 0 aliphatic carbocycles. The summed E-state index contributed by atoms with van der Waals surface area (Å²) >= 11 is 0. The zero-order chi connectivity index (χ0) is 21.7. The Morgan fingerprint density at radius 2 is 1.77 bits per heavy atom. The Morgan fingerprint density at radius 3 is 2.37 bits per heavy atom. The summed E-state index contributed by atoms with van der Waals surface area (Å²) in [6, 6.07) is 13.0. The smallest absolute Gasteiger partial charge is 0.243 e. The molecule has 6 heteroatoms. The fraction of sp³-hybridized carbons (Fsp3) is 0.333. The molecule has 6 nitrogen and oxygen atoms in total. The van der Waals surface area contributed by atoms with E-state index in [0.717, 1.165) is 35.3 Å². The van der Waals surface area contributed by atoms with E-state index in [1.165, 1.54) is 10.5 Å². The number of carbonyl (C=O) groups excluding carboxylic acids is 2. The summed E-state index contributed by atoms with van der Waals surface area (Å²) < 4.78 is 0. The molecule has 0 spiro atoms. The van der Waals surface area contributed by atoms with E-state index >= 15 is 0 Å². The Hall–Kier alpha value is -3.12. The molecule has 0 fully saturated rings. The number of amides is 2. The van der Waals surface area contributed by atoms with Gasteiger partial charge in [-0.05, 0) is 54.7 Å². The van der Waals surface area contributed by atoms with Gasteiger partial charge in [0.25, 0.3) is 0 Å². The number of likely N-dealkylation sites (N-methyl/N-ethyl adjacent to an activating group) is 1. The van der Waals surface area contributed by atoms with Crippen molar-refractivity contribution in [3.8, 4) is 5.75 Å². The maximum atomic E-state index is 12.6. The second-order valence-corrected chi connectivity index (χ2v) is 7.83. The van der Waals surface area contributed by atoms with Gasteiger partial charge in [0.05, 0.1) is 13.1 Å². The van der Waals surface area contributed by atoms with Crippen molar-refractivity contribution >= 4 is 23.1 Å². The Labute approximate surface area is 177 Å². The molecule has 30 heavy (non-hydrogen) atoms. The highest BCUT2D eigenvalue weighted by atomic mass is 16.3. The zero-order valence-electron chi connectivity index (χ0n) is 17.8. The third-order valence-corrected chi connectivity index (χ3v) is 5.44. The van der Waals surface area contributed by atoms with Crippen molar-refractivity contribution in [2.24, 2.45) is 0 Å². The van der Waals surface area contributed by atoms with Crippen LogP contribution in [-0.4, -0.2) is 59.9 Å². The van der Waals surface area contributed by atoms with Crippen LogP contribution in [0.4, 0.5) is 5.69 Å². The molecule has 0 aromatic heterocycles. The quantitative estimate of drug-likeness (QED) is 0.771. The van der Waals surface area contributed by atoms with Gasteiger partial charge in [-0.2, -0.15) is 0 Å². The van der Waals surface area contributed by atoms with Crippen LogP contribution >= 0.6 is 0 Å². The molecule has 0 radical (unpaired) electrons. The Morgan fingerprint density at radius 1 is 1.10 bits per heavy atom. The summed E-state index contributed by atoms with van der Waals surface area (Å²) in [5, 5.41) is 12.3. The van der Waals surface area contributed by atoms with Crippen molar-refractivity contribution in [1.29, 1.82) is 0 Å². The molecule has 1 aliphatic rings. The summed E-state index contributed by atoms with van der Waals surface area (Å²) in [7, 11) is 1.66. The molecule has 0 saturated heterocycles. The van der Waals surface area contributed by atoms with Crippen LogP contribution in [0.1, 0.15) is 23.1 Å². The first kappa shape index (κ1) is 21.6. The fourth-order valence-corrected chi connectivity index (χ4v) is 3.60. The molecule has 158 valence electrons. The van der Waals surface area contributed by atoms with Crippen molar-refractivity contribution in [3.05, 3.63) is 65.2 Å². The van der Waals surface area contributed by atoms with E-state index in [2.05, 4.69) is 16.3 Å². The Kier molecular flexibility index (Phi) is 6.90. The van der Waals surface area contributed by atoms with E-state index in [1.807, 2.05) is 44.2 Å². The number of carbonyl (C=O) groups is 2. The lowest BCUT2D eigenvalue weighted by molar-refractivity contribution is -0.134. The van der Waals surface area contributed by atoms with Gasteiger partial charge in [0.2, 0.25) is 11.8 Å². The highest BCUT2D eigenvalue weighted by Crippen LogP contribution is 2.24. The van der Waals surface area contributed by atoms with Crippen LogP contribution in [0.2, 0.25) is 0 Å². The summed E-state index contributed by atoms with van der Waals surface area (Å²) in [6.07, 6.45) is 2.96. The highest BCUT2D eigenvalue weighted by Gasteiger charge is 2.19. The molecule has 0 saturated carbocycles. The maximum Gasteiger partial charge on any atom is 0.243 e. The minimum Gasteiger partial charge on any atom is -0.508 e. The van der Waals surface area contributed by atoms with E-state index in [0.29, 0.717) is 6.54 Å². The number of aryl methyl sites for hydroxylation is 2. The van der Waals surface area contributed by atoms with E-state index in [1.54, 1.807) is 19.2 Å². The lowest BCUT2D eigenvalue weighted by Gasteiger charge is -2.28. The topological polar surface area (TPSA) is 72.9 Å². The summed E-state index contributed by atoms with van der Waals surface area (Å²) in [5.41, 5.74) is 5.13. The van der Waals surface area contributed by atoms with Gasteiger partial charge in [0.15, 0.2) is 0 Å². The number of hydrogen-bond donors (Lipinski definition) is 2. The number of hydrogen-bond acceptors (Lipinski definition) is 4.